The normalized spacial score (nSPS) is 17.1. The Morgan fingerprint density at radius 1 is 1.14 bits per heavy atom. The molecule has 3 aromatic heterocycles. The van der Waals surface area contributed by atoms with Crippen molar-refractivity contribution >= 4 is 52.2 Å². The average molecular weight is 579 g/mol. The van der Waals surface area contributed by atoms with E-state index in [1.165, 1.54) is 23.1 Å². The Kier molecular flexibility index (Phi) is 6.99. The van der Waals surface area contributed by atoms with Crippen LogP contribution in [0, 0.1) is 0 Å². The van der Waals surface area contributed by atoms with Gasteiger partial charge >= 0.3 is 0 Å². The Hall–Kier alpha value is -2.41. The van der Waals surface area contributed by atoms with Crippen molar-refractivity contribution in [2.24, 2.45) is 0 Å². The second-order valence-corrected chi connectivity index (χ2v) is 11.3. The van der Waals surface area contributed by atoms with E-state index in [9.17, 15) is 4.79 Å². The van der Waals surface area contributed by atoms with E-state index in [0.717, 1.165) is 5.01 Å². The number of rotatable bonds is 6. The second-order valence-electron chi connectivity index (χ2n) is 8.53. The quantitative estimate of drug-likeness (QED) is 0.275. The predicted molar refractivity (Wildman–Crippen MR) is 141 cm³/mol. The first kappa shape index (κ1) is 24.9. The lowest BCUT2D eigenvalue weighted by atomic mass is 10.0. The summed E-state index contributed by atoms with van der Waals surface area (Å²) in [5.41, 5.74) is 1.08. The number of furan rings is 1. The number of piperidine rings is 1. The number of nitrogens with zero attached hydrogens (tertiary/aromatic N) is 5. The van der Waals surface area contributed by atoms with Gasteiger partial charge in [-0.3, -0.25) is 9.36 Å². The minimum Gasteiger partial charge on any atom is -0.461 e. The third kappa shape index (κ3) is 5.04. The van der Waals surface area contributed by atoms with Gasteiger partial charge < -0.3 is 18.8 Å². The molecule has 2 aliphatic rings. The number of ether oxygens (including phenoxy) is 2. The molecule has 0 radical (unpaired) electrons. The lowest BCUT2D eigenvalue weighted by molar-refractivity contribution is -0.181. The molecule has 0 bridgehead atoms. The maximum Gasteiger partial charge on any atom is 0.273 e. The van der Waals surface area contributed by atoms with Crippen molar-refractivity contribution < 1.29 is 18.7 Å². The van der Waals surface area contributed by atoms with Crippen LogP contribution in [-0.2, 0) is 15.2 Å². The Morgan fingerprint density at radius 2 is 1.95 bits per heavy atom. The molecule has 2 saturated heterocycles. The van der Waals surface area contributed by atoms with Crippen LogP contribution in [0.2, 0.25) is 10.0 Å². The van der Waals surface area contributed by atoms with Crippen molar-refractivity contribution in [1.82, 2.24) is 24.6 Å². The number of hydrogen-bond donors (Lipinski definition) is 0. The molecule has 1 amide bonds. The van der Waals surface area contributed by atoms with Gasteiger partial charge in [-0.05, 0) is 30.3 Å². The number of benzene rings is 1. The highest BCUT2D eigenvalue weighted by Gasteiger charge is 2.41. The maximum absolute atomic E-state index is 13.1. The molecule has 37 heavy (non-hydrogen) atoms. The first-order valence-corrected chi connectivity index (χ1v) is 14.2. The number of aromatic nitrogens is 4. The molecule has 2 fully saturated rings. The summed E-state index contributed by atoms with van der Waals surface area (Å²) >= 11 is 15.7. The van der Waals surface area contributed by atoms with E-state index in [2.05, 4.69) is 15.2 Å². The molecule has 5 heterocycles. The van der Waals surface area contributed by atoms with Gasteiger partial charge in [0.05, 0.1) is 35.9 Å². The van der Waals surface area contributed by atoms with Crippen molar-refractivity contribution in [2.75, 3.05) is 26.3 Å². The first-order valence-electron chi connectivity index (χ1n) is 11.6. The molecule has 6 rings (SSSR count). The van der Waals surface area contributed by atoms with Gasteiger partial charge in [0.15, 0.2) is 16.7 Å². The van der Waals surface area contributed by atoms with Gasteiger partial charge in [-0.25, -0.2) is 4.98 Å². The van der Waals surface area contributed by atoms with Gasteiger partial charge in [-0.2, -0.15) is 0 Å². The minimum atomic E-state index is -0.517. The number of halogens is 2. The van der Waals surface area contributed by atoms with Crippen LogP contribution in [0.5, 0.6) is 0 Å². The molecule has 13 heteroatoms. The molecule has 1 aromatic carbocycles. The predicted octanol–water partition coefficient (Wildman–Crippen LogP) is 5.56. The fourth-order valence-electron chi connectivity index (χ4n) is 4.40. The van der Waals surface area contributed by atoms with Crippen LogP contribution >= 0.6 is 46.3 Å². The van der Waals surface area contributed by atoms with E-state index >= 15 is 0 Å². The van der Waals surface area contributed by atoms with E-state index in [0.29, 0.717) is 83.1 Å². The van der Waals surface area contributed by atoms with E-state index < -0.39 is 5.79 Å². The molecular weight excluding hydrogens is 557 g/mol. The van der Waals surface area contributed by atoms with Crippen LogP contribution in [0.3, 0.4) is 0 Å². The van der Waals surface area contributed by atoms with Crippen LogP contribution < -0.4 is 0 Å². The monoisotopic (exact) mass is 577 g/mol. The van der Waals surface area contributed by atoms with Gasteiger partial charge in [-0.1, -0.05) is 35.0 Å². The highest BCUT2D eigenvalue weighted by Crippen LogP contribution is 2.35. The number of likely N-dealkylation sites (tertiary alicyclic amines) is 1. The molecule has 9 nitrogen and oxygen atoms in total. The van der Waals surface area contributed by atoms with Gasteiger partial charge in [0.25, 0.3) is 5.91 Å². The Balaban J connectivity index is 1.18. The highest BCUT2D eigenvalue weighted by molar-refractivity contribution is 7.98. The highest BCUT2D eigenvalue weighted by atomic mass is 35.5. The van der Waals surface area contributed by atoms with E-state index in [4.69, 9.17) is 37.1 Å². The van der Waals surface area contributed by atoms with Crippen molar-refractivity contribution in [1.29, 1.82) is 0 Å². The van der Waals surface area contributed by atoms with Crippen LogP contribution in [-0.4, -0.2) is 62.6 Å². The van der Waals surface area contributed by atoms with E-state index in [1.54, 1.807) is 42.0 Å². The third-order valence-electron chi connectivity index (χ3n) is 6.25. The molecule has 1 spiro atoms. The average Bonchev–Trinajstić information content (AvgIpc) is 3.71. The molecule has 2 aliphatic heterocycles. The summed E-state index contributed by atoms with van der Waals surface area (Å²) in [6.45, 7) is 2.39. The van der Waals surface area contributed by atoms with E-state index in [-0.39, 0.29) is 5.91 Å². The lowest BCUT2D eigenvalue weighted by Gasteiger charge is -2.37. The number of carbonyl (C=O) groups is 1. The number of carbonyl (C=O) groups excluding carboxylic acids is 1. The molecule has 192 valence electrons. The minimum absolute atomic E-state index is 0.0747. The van der Waals surface area contributed by atoms with Gasteiger partial charge in [0, 0.05) is 36.3 Å². The number of amides is 1. The zero-order chi connectivity index (χ0) is 25.4. The fourth-order valence-corrected chi connectivity index (χ4v) is 6.50. The second kappa shape index (κ2) is 10.4. The number of hydrogen-bond acceptors (Lipinski definition) is 9. The van der Waals surface area contributed by atoms with Crippen molar-refractivity contribution in [2.45, 2.75) is 29.5 Å². The number of thioether (sulfide) groups is 1. The molecule has 0 atom stereocenters. The fraction of sp³-hybridized carbons (Fsp3) is 0.333. The third-order valence-corrected chi connectivity index (χ3v) is 8.77. The molecule has 0 saturated carbocycles. The summed E-state index contributed by atoms with van der Waals surface area (Å²) in [4.78, 5) is 19.5. The van der Waals surface area contributed by atoms with Gasteiger partial charge in [-0.15, -0.1) is 21.5 Å². The van der Waals surface area contributed by atoms with Crippen molar-refractivity contribution in [3.63, 3.8) is 0 Å². The molecule has 0 N–H and O–H groups in total. The largest absolute Gasteiger partial charge is 0.461 e. The van der Waals surface area contributed by atoms with Crippen LogP contribution in [0.15, 0.2) is 51.5 Å². The molecule has 0 aliphatic carbocycles. The van der Waals surface area contributed by atoms with Gasteiger partial charge in [0.1, 0.15) is 10.7 Å². The van der Waals surface area contributed by atoms with Crippen LogP contribution in [0.4, 0.5) is 0 Å². The summed E-state index contributed by atoms with van der Waals surface area (Å²) in [6, 6.07) is 8.80. The standard InChI is InChI=1S/C24H21Cl2N5O4S2/c25-15-3-4-16(26)18(12-15)31-21(19-2-1-9-33-19)28-29-23(31)37-14-20-27-17(13-36-20)22(32)30-7-5-24(6-8-30)34-10-11-35-24/h1-4,9,12-13H,5-8,10-11,14H2. The van der Waals surface area contributed by atoms with Crippen LogP contribution in [0.25, 0.3) is 17.3 Å². The van der Waals surface area contributed by atoms with Crippen molar-refractivity contribution in [3.05, 3.63) is 62.7 Å². The Bertz CT molecular complexity index is 1410. The summed E-state index contributed by atoms with van der Waals surface area (Å²) in [5.74, 6) is 0.960. The first-order chi connectivity index (χ1) is 18.0. The molecule has 4 aromatic rings. The van der Waals surface area contributed by atoms with E-state index in [1.807, 2.05) is 9.47 Å². The van der Waals surface area contributed by atoms with Crippen LogP contribution in [0.1, 0.15) is 28.3 Å². The SMILES string of the molecule is O=C(c1csc(CSc2nnc(-c3ccco3)n2-c2cc(Cl)ccc2Cl)n1)N1CCC2(CC1)OCCO2. The lowest BCUT2D eigenvalue weighted by Crippen LogP contribution is -2.47. The van der Waals surface area contributed by atoms with Crippen molar-refractivity contribution in [3.8, 4) is 17.3 Å². The maximum atomic E-state index is 13.1. The van der Waals surface area contributed by atoms with Gasteiger partial charge in [0.2, 0.25) is 5.82 Å². The molecule has 0 unspecified atom stereocenters. The Morgan fingerprint density at radius 3 is 2.70 bits per heavy atom. The Labute approximate surface area is 230 Å². The summed E-state index contributed by atoms with van der Waals surface area (Å²) in [7, 11) is 0. The zero-order valence-electron chi connectivity index (χ0n) is 19.4. The summed E-state index contributed by atoms with van der Waals surface area (Å²) in [6.07, 6.45) is 2.92. The molecular formula is C24H21Cl2N5O4S2. The summed E-state index contributed by atoms with van der Waals surface area (Å²) in [5, 5.41) is 12.9. The summed E-state index contributed by atoms with van der Waals surface area (Å²) < 4.78 is 18.9. The zero-order valence-corrected chi connectivity index (χ0v) is 22.6. The topological polar surface area (TPSA) is 95.5 Å². The number of thiazole rings is 1. The smallest absolute Gasteiger partial charge is 0.273 e.